The number of piperidine rings is 1. The Morgan fingerprint density at radius 3 is 2.60 bits per heavy atom. The summed E-state index contributed by atoms with van der Waals surface area (Å²) in [6.45, 7) is 3.30. The van der Waals surface area contributed by atoms with Gasteiger partial charge in [-0.05, 0) is 64.3 Å². The van der Waals surface area contributed by atoms with Crippen LogP contribution in [0.4, 0.5) is 0 Å². The SMILES string of the molecule is O=S(=O)(c1ccccc1Br)N1CCC(N2CCc3sccc3C2)CC1. The molecule has 0 N–H and O–H groups in total. The molecule has 4 nitrogen and oxygen atoms in total. The Kier molecular flexibility index (Phi) is 5.03. The molecular formula is C18H21BrN2O2S2. The number of benzene rings is 1. The van der Waals surface area contributed by atoms with Gasteiger partial charge < -0.3 is 0 Å². The highest BCUT2D eigenvalue weighted by molar-refractivity contribution is 9.10. The lowest BCUT2D eigenvalue weighted by Gasteiger charge is -2.39. The van der Waals surface area contributed by atoms with Crippen LogP contribution in [-0.4, -0.2) is 43.3 Å². The van der Waals surface area contributed by atoms with Gasteiger partial charge in [0.2, 0.25) is 10.0 Å². The molecule has 7 heteroatoms. The van der Waals surface area contributed by atoms with E-state index in [0.717, 1.165) is 32.4 Å². The number of hydrogen-bond donors (Lipinski definition) is 0. The van der Waals surface area contributed by atoms with Gasteiger partial charge in [0.15, 0.2) is 0 Å². The van der Waals surface area contributed by atoms with Crippen molar-refractivity contribution >= 4 is 37.3 Å². The normalized spacial score (nSPS) is 20.5. The molecule has 1 aromatic heterocycles. The quantitative estimate of drug-likeness (QED) is 0.729. The van der Waals surface area contributed by atoms with Gasteiger partial charge in [-0.1, -0.05) is 12.1 Å². The van der Waals surface area contributed by atoms with Gasteiger partial charge in [0, 0.05) is 41.6 Å². The Balaban J connectivity index is 1.43. The third-order valence-electron chi connectivity index (χ3n) is 5.23. The fourth-order valence-corrected chi connectivity index (χ4v) is 7.15. The van der Waals surface area contributed by atoms with Crippen LogP contribution in [0.25, 0.3) is 0 Å². The molecule has 0 bridgehead atoms. The summed E-state index contributed by atoms with van der Waals surface area (Å²) in [6, 6.07) is 9.79. The van der Waals surface area contributed by atoms with Gasteiger partial charge in [0.05, 0.1) is 4.90 Å². The lowest BCUT2D eigenvalue weighted by molar-refractivity contribution is 0.127. The van der Waals surface area contributed by atoms with Crippen LogP contribution in [0, 0.1) is 0 Å². The summed E-state index contributed by atoms with van der Waals surface area (Å²) in [5.74, 6) is 0. The summed E-state index contributed by atoms with van der Waals surface area (Å²) < 4.78 is 28.1. The zero-order valence-electron chi connectivity index (χ0n) is 13.9. The number of halogens is 1. The molecule has 2 aromatic rings. The molecule has 1 saturated heterocycles. The third kappa shape index (κ3) is 3.45. The Labute approximate surface area is 161 Å². The first-order valence-corrected chi connectivity index (χ1v) is 11.7. The molecular weight excluding hydrogens is 420 g/mol. The number of sulfonamides is 1. The summed E-state index contributed by atoms with van der Waals surface area (Å²) in [5, 5.41) is 2.18. The monoisotopic (exact) mass is 440 g/mol. The minimum atomic E-state index is -3.42. The summed E-state index contributed by atoms with van der Waals surface area (Å²) in [6.07, 6.45) is 2.94. The van der Waals surface area contributed by atoms with E-state index in [1.165, 1.54) is 10.4 Å². The van der Waals surface area contributed by atoms with Crippen molar-refractivity contribution in [2.75, 3.05) is 19.6 Å². The predicted octanol–water partition coefficient (Wildman–Crippen LogP) is 3.72. The maximum atomic E-state index is 12.9. The van der Waals surface area contributed by atoms with Crippen molar-refractivity contribution in [3.63, 3.8) is 0 Å². The van der Waals surface area contributed by atoms with Crippen molar-refractivity contribution in [3.8, 4) is 0 Å². The number of nitrogens with zero attached hydrogens (tertiary/aromatic N) is 2. The lowest BCUT2D eigenvalue weighted by atomic mass is 10.0. The van der Waals surface area contributed by atoms with E-state index in [0.29, 0.717) is 28.5 Å². The first-order chi connectivity index (χ1) is 12.1. The summed E-state index contributed by atoms with van der Waals surface area (Å²) >= 11 is 5.23. The first-order valence-electron chi connectivity index (χ1n) is 8.59. The highest BCUT2D eigenvalue weighted by atomic mass is 79.9. The summed E-state index contributed by atoms with van der Waals surface area (Å²) in [7, 11) is -3.42. The minimum absolute atomic E-state index is 0.370. The van der Waals surface area contributed by atoms with E-state index < -0.39 is 10.0 Å². The van der Waals surface area contributed by atoms with Gasteiger partial charge in [-0.25, -0.2) is 8.42 Å². The zero-order chi connectivity index (χ0) is 17.4. The van der Waals surface area contributed by atoms with Gasteiger partial charge >= 0.3 is 0 Å². The molecule has 0 aliphatic carbocycles. The molecule has 134 valence electrons. The fourth-order valence-electron chi connectivity index (χ4n) is 3.82. The van der Waals surface area contributed by atoms with Gasteiger partial charge in [0.25, 0.3) is 0 Å². The number of hydrogen-bond acceptors (Lipinski definition) is 4. The van der Waals surface area contributed by atoms with Crippen LogP contribution in [0.5, 0.6) is 0 Å². The predicted molar refractivity (Wildman–Crippen MR) is 104 cm³/mol. The highest BCUT2D eigenvalue weighted by Gasteiger charge is 2.33. The average Bonchev–Trinajstić information content (AvgIpc) is 3.10. The Bertz CT molecular complexity index is 857. The van der Waals surface area contributed by atoms with Crippen LogP contribution in [0.2, 0.25) is 0 Å². The topological polar surface area (TPSA) is 40.6 Å². The second kappa shape index (κ2) is 7.12. The van der Waals surface area contributed by atoms with E-state index >= 15 is 0 Å². The maximum absolute atomic E-state index is 12.9. The Morgan fingerprint density at radius 1 is 1.08 bits per heavy atom. The van der Waals surface area contributed by atoms with Crippen molar-refractivity contribution in [3.05, 3.63) is 50.6 Å². The third-order valence-corrected chi connectivity index (χ3v) is 9.17. The number of thiophene rings is 1. The van der Waals surface area contributed by atoms with E-state index in [1.807, 2.05) is 17.4 Å². The van der Waals surface area contributed by atoms with Crippen molar-refractivity contribution in [2.24, 2.45) is 0 Å². The largest absolute Gasteiger partial charge is 0.296 e. The number of rotatable bonds is 3. The molecule has 2 aliphatic heterocycles. The minimum Gasteiger partial charge on any atom is -0.296 e. The van der Waals surface area contributed by atoms with Crippen LogP contribution in [-0.2, 0) is 23.0 Å². The van der Waals surface area contributed by atoms with Gasteiger partial charge in [-0.3, -0.25) is 4.90 Å². The molecule has 0 unspecified atom stereocenters. The Hall–Kier alpha value is -0.730. The summed E-state index contributed by atoms with van der Waals surface area (Å²) in [4.78, 5) is 4.43. The maximum Gasteiger partial charge on any atom is 0.244 e. The van der Waals surface area contributed by atoms with E-state index in [2.05, 4.69) is 32.3 Å². The molecule has 25 heavy (non-hydrogen) atoms. The van der Waals surface area contributed by atoms with E-state index in [9.17, 15) is 8.42 Å². The van der Waals surface area contributed by atoms with Gasteiger partial charge in [-0.2, -0.15) is 4.31 Å². The molecule has 2 aliphatic rings. The molecule has 0 spiro atoms. The molecule has 1 fully saturated rings. The highest BCUT2D eigenvalue weighted by Crippen LogP contribution is 2.31. The molecule has 0 radical (unpaired) electrons. The van der Waals surface area contributed by atoms with Crippen LogP contribution >= 0.6 is 27.3 Å². The standard InChI is InChI=1S/C18H21BrN2O2S2/c19-16-3-1-2-4-18(16)25(22,23)21-10-5-15(6-11-21)20-9-7-17-14(13-20)8-12-24-17/h1-4,8,12,15H,5-7,9-11,13H2. The second-order valence-corrected chi connectivity index (χ2v) is 10.4. The van der Waals surface area contributed by atoms with Crippen molar-refractivity contribution in [1.29, 1.82) is 0 Å². The van der Waals surface area contributed by atoms with Crippen molar-refractivity contribution in [2.45, 2.75) is 36.7 Å². The molecule has 4 rings (SSSR count). The van der Waals surface area contributed by atoms with Crippen LogP contribution < -0.4 is 0 Å². The molecule has 0 saturated carbocycles. The van der Waals surface area contributed by atoms with Crippen molar-refractivity contribution < 1.29 is 8.42 Å². The average molecular weight is 441 g/mol. The summed E-state index contributed by atoms with van der Waals surface area (Å²) in [5.41, 5.74) is 1.46. The molecule has 1 aromatic carbocycles. The molecule has 0 amide bonds. The zero-order valence-corrected chi connectivity index (χ0v) is 17.1. The number of fused-ring (bicyclic) bond motifs is 1. The Morgan fingerprint density at radius 2 is 1.84 bits per heavy atom. The van der Waals surface area contributed by atoms with Crippen molar-refractivity contribution in [1.82, 2.24) is 9.21 Å². The fraction of sp³-hybridized carbons (Fsp3) is 0.444. The van der Waals surface area contributed by atoms with Crippen LogP contribution in [0.1, 0.15) is 23.3 Å². The lowest BCUT2D eigenvalue weighted by Crippen LogP contribution is -2.47. The van der Waals surface area contributed by atoms with Gasteiger partial charge in [0.1, 0.15) is 0 Å². The van der Waals surface area contributed by atoms with E-state index in [-0.39, 0.29) is 0 Å². The van der Waals surface area contributed by atoms with Gasteiger partial charge in [-0.15, -0.1) is 11.3 Å². The van der Waals surface area contributed by atoms with Crippen LogP contribution in [0.3, 0.4) is 0 Å². The smallest absolute Gasteiger partial charge is 0.244 e. The molecule has 0 atom stereocenters. The first kappa shape index (κ1) is 17.7. The van der Waals surface area contributed by atoms with E-state index in [4.69, 9.17) is 0 Å². The van der Waals surface area contributed by atoms with E-state index in [1.54, 1.807) is 22.5 Å². The second-order valence-electron chi connectivity index (χ2n) is 6.66. The van der Waals surface area contributed by atoms with Crippen LogP contribution in [0.15, 0.2) is 45.1 Å². The molecule has 3 heterocycles.